The van der Waals surface area contributed by atoms with Crippen LogP contribution in [-0.2, 0) is 20.8 Å². The Bertz CT molecular complexity index is 675. The van der Waals surface area contributed by atoms with Gasteiger partial charge in [0.15, 0.2) is 0 Å². The molecule has 154 valence electrons. The number of rotatable bonds is 8. The maximum Gasteiger partial charge on any atom is 0.245 e. The third-order valence-corrected chi connectivity index (χ3v) is 5.59. The monoisotopic (exact) mass is 387 g/mol. The summed E-state index contributed by atoms with van der Waals surface area (Å²) in [5, 5.41) is 2.99. The molecule has 1 aromatic carbocycles. The van der Waals surface area contributed by atoms with Gasteiger partial charge in [0.05, 0.1) is 5.92 Å². The largest absolute Gasteiger partial charge is 0.348 e. The number of nitrogens with zero attached hydrogens (tertiary/aromatic N) is 2. The highest BCUT2D eigenvalue weighted by Crippen LogP contribution is 2.27. The highest BCUT2D eigenvalue weighted by atomic mass is 16.2. The van der Waals surface area contributed by atoms with E-state index in [0.29, 0.717) is 25.9 Å². The predicted octanol–water partition coefficient (Wildman–Crippen LogP) is 2.23. The molecule has 0 aliphatic carbocycles. The summed E-state index contributed by atoms with van der Waals surface area (Å²) in [4.78, 5) is 40.5. The smallest absolute Gasteiger partial charge is 0.245 e. The van der Waals surface area contributed by atoms with E-state index in [1.54, 1.807) is 7.05 Å². The van der Waals surface area contributed by atoms with Gasteiger partial charge in [-0.15, -0.1) is 0 Å². The predicted molar refractivity (Wildman–Crippen MR) is 110 cm³/mol. The van der Waals surface area contributed by atoms with Gasteiger partial charge in [0.2, 0.25) is 18.2 Å². The minimum Gasteiger partial charge on any atom is -0.348 e. The summed E-state index contributed by atoms with van der Waals surface area (Å²) in [6, 6.07) is 9.24. The molecular weight excluding hydrogens is 354 g/mol. The molecule has 0 spiro atoms. The van der Waals surface area contributed by atoms with E-state index in [9.17, 15) is 14.4 Å². The second kappa shape index (κ2) is 9.71. The lowest BCUT2D eigenvalue weighted by molar-refractivity contribution is -0.140. The Kier molecular flexibility index (Phi) is 7.61. The molecular formula is C22H33N3O3. The van der Waals surface area contributed by atoms with Crippen LogP contribution in [0, 0.1) is 5.92 Å². The third kappa shape index (κ3) is 5.57. The van der Waals surface area contributed by atoms with Gasteiger partial charge in [0, 0.05) is 25.7 Å². The molecule has 1 fully saturated rings. The fraction of sp³-hybridized carbons (Fsp3) is 0.591. The summed E-state index contributed by atoms with van der Waals surface area (Å²) < 4.78 is 0. The lowest BCUT2D eigenvalue weighted by Gasteiger charge is -2.37. The summed E-state index contributed by atoms with van der Waals surface area (Å²) in [5.41, 5.74) is 0.831. The van der Waals surface area contributed by atoms with Gasteiger partial charge in [-0.2, -0.15) is 0 Å². The first kappa shape index (κ1) is 21.9. The summed E-state index contributed by atoms with van der Waals surface area (Å²) in [6.07, 6.45) is 3.70. The molecule has 1 aliphatic heterocycles. The van der Waals surface area contributed by atoms with Crippen molar-refractivity contribution < 1.29 is 14.4 Å². The van der Waals surface area contributed by atoms with Crippen molar-refractivity contribution in [1.29, 1.82) is 0 Å². The van der Waals surface area contributed by atoms with Crippen LogP contribution in [0.4, 0.5) is 0 Å². The van der Waals surface area contributed by atoms with Gasteiger partial charge in [-0.25, -0.2) is 0 Å². The molecule has 1 aliphatic rings. The molecule has 6 heteroatoms. The van der Waals surface area contributed by atoms with Crippen LogP contribution >= 0.6 is 0 Å². The molecule has 0 unspecified atom stereocenters. The molecule has 0 radical (unpaired) electrons. The molecule has 0 aromatic heterocycles. The Hall–Kier alpha value is -2.37. The van der Waals surface area contributed by atoms with E-state index in [1.165, 1.54) is 4.90 Å². The van der Waals surface area contributed by atoms with E-state index >= 15 is 0 Å². The van der Waals surface area contributed by atoms with E-state index in [4.69, 9.17) is 0 Å². The summed E-state index contributed by atoms with van der Waals surface area (Å²) >= 11 is 0. The Morgan fingerprint density at radius 3 is 2.64 bits per heavy atom. The van der Waals surface area contributed by atoms with Crippen LogP contribution in [0.15, 0.2) is 30.3 Å². The van der Waals surface area contributed by atoms with Gasteiger partial charge in [-0.3, -0.25) is 14.4 Å². The number of likely N-dealkylation sites (N-methyl/N-ethyl adjacent to an activating group) is 1. The maximum absolute atomic E-state index is 13.1. The lowest BCUT2D eigenvalue weighted by Crippen LogP contribution is -2.54. The number of amides is 3. The average molecular weight is 388 g/mol. The Labute approximate surface area is 168 Å². The number of hydrogen-bond acceptors (Lipinski definition) is 3. The molecule has 1 N–H and O–H groups in total. The molecule has 3 amide bonds. The van der Waals surface area contributed by atoms with Crippen molar-refractivity contribution in [2.45, 2.75) is 58.0 Å². The van der Waals surface area contributed by atoms with E-state index < -0.39 is 12.0 Å². The van der Waals surface area contributed by atoms with Crippen LogP contribution < -0.4 is 5.32 Å². The summed E-state index contributed by atoms with van der Waals surface area (Å²) in [6.45, 7) is 7.07. The molecule has 28 heavy (non-hydrogen) atoms. The molecule has 0 saturated carbocycles. The van der Waals surface area contributed by atoms with Crippen molar-refractivity contribution >= 4 is 18.2 Å². The summed E-state index contributed by atoms with van der Waals surface area (Å²) in [5.74, 6) is -0.594. The molecule has 1 heterocycles. The first-order chi connectivity index (χ1) is 13.3. The minimum absolute atomic E-state index is 0.0134. The topological polar surface area (TPSA) is 69.7 Å². The van der Waals surface area contributed by atoms with Crippen molar-refractivity contribution in [2.24, 2.45) is 5.92 Å². The van der Waals surface area contributed by atoms with Crippen molar-refractivity contribution in [3.8, 4) is 0 Å². The average Bonchev–Trinajstić information content (AvgIpc) is 2.77. The molecule has 2 rings (SSSR count). The number of nitrogens with one attached hydrogen (secondary N) is 1. The van der Waals surface area contributed by atoms with Crippen LogP contribution in [0.25, 0.3) is 0 Å². The van der Waals surface area contributed by atoms with Crippen molar-refractivity contribution in [3.05, 3.63) is 35.9 Å². The molecule has 1 saturated heterocycles. The van der Waals surface area contributed by atoms with Crippen LogP contribution in [-0.4, -0.2) is 59.7 Å². The van der Waals surface area contributed by atoms with E-state index in [-0.39, 0.29) is 17.4 Å². The summed E-state index contributed by atoms with van der Waals surface area (Å²) in [7, 11) is 1.66. The zero-order valence-corrected chi connectivity index (χ0v) is 17.5. The van der Waals surface area contributed by atoms with Crippen molar-refractivity contribution in [2.75, 3.05) is 20.1 Å². The Morgan fingerprint density at radius 1 is 1.36 bits per heavy atom. The number of benzene rings is 1. The third-order valence-electron chi connectivity index (χ3n) is 5.59. The van der Waals surface area contributed by atoms with E-state index in [2.05, 4.69) is 19.2 Å². The van der Waals surface area contributed by atoms with Gasteiger partial charge >= 0.3 is 0 Å². The normalized spacial score (nSPS) is 20.2. The minimum atomic E-state index is -0.506. The van der Waals surface area contributed by atoms with Crippen LogP contribution in [0.2, 0.25) is 0 Å². The van der Waals surface area contributed by atoms with E-state index in [1.807, 2.05) is 42.2 Å². The molecule has 0 bridgehead atoms. The van der Waals surface area contributed by atoms with Crippen molar-refractivity contribution in [1.82, 2.24) is 15.1 Å². The number of likely N-dealkylation sites (tertiary alicyclic amines) is 1. The van der Waals surface area contributed by atoms with Gasteiger partial charge in [-0.05, 0) is 52.0 Å². The fourth-order valence-corrected chi connectivity index (χ4v) is 4.02. The van der Waals surface area contributed by atoms with Gasteiger partial charge < -0.3 is 15.1 Å². The number of hydrogen-bond donors (Lipinski definition) is 1. The first-order valence-corrected chi connectivity index (χ1v) is 10.1. The second-order valence-corrected chi connectivity index (χ2v) is 8.28. The Balaban J connectivity index is 2.14. The maximum atomic E-state index is 13.1. The fourth-order valence-electron chi connectivity index (χ4n) is 4.02. The van der Waals surface area contributed by atoms with Crippen LogP contribution in [0.3, 0.4) is 0 Å². The highest BCUT2D eigenvalue weighted by molar-refractivity contribution is 5.89. The quantitative estimate of drug-likeness (QED) is 0.696. The van der Waals surface area contributed by atoms with Gasteiger partial charge in [-0.1, -0.05) is 30.3 Å². The zero-order chi connectivity index (χ0) is 20.7. The molecule has 1 aromatic rings. The zero-order valence-electron chi connectivity index (χ0n) is 17.5. The first-order valence-electron chi connectivity index (χ1n) is 10.1. The van der Waals surface area contributed by atoms with Crippen molar-refractivity contribution in [3.63, 3.8) is 0 Å². The highest BCUT2D eigenvalue weighted by Gasteiger charge is 2.38. The number of carbonyl (C=O) groups excluding carboxylic acids is 3. The van der Waals surface area contributed by atoms with Gasteiger partial charge in [0.25, 0.3) is 0 Å². The van der Waals surface area contributed by atoms with E-state index in [0.717, 1.165) is 24.8 Å². The second-order valence-electron chi connectivity index (χ2n) is 8.28. The molecule has 2 atom stereocenters. The Morgan fingerprint density at radius 2 is 2.04 bits per heavy atom. The van der Waals surface area contributed by atoms with Crippen LogP contribution in [0.1, 0.15) is 45.6 Å². The van der Waals surface area contributed by atoms with Gasteiger partial charge in [0.1, 0.15) is 6.04 Å². The standard InChI is InChI=1S/C22H33N3O3/c1-5-25-21(28)19(12-9-13-22(25,2)3)23-20(27)18(15-24(4)16-26)14-17-10-7-6-8-11-17/h6-8,10-11,16,18-19H,5,9,12-15H2,1-4H3,(H,23,27)/t18-,19+/m1/s1. The SMILES string of the molecule is CCN1C(=O)[C@@H](NC(=O)[C@H](Cc2ccccc2)CN(C)C=O)CCCC1(C)C. The van der Waals surface area contributed by atoms with Crippen LogP contribution in [0.5, 0.6) is 0 Å². The lowest BCUT2D eigenvalue weighted by atomic mass is 9.96. The molecule has 6 nitrogen and oxygen atoms in total. The number of carbonyl (C=O) groups is 3.